The largest absolute Gasteiger partial charge is 0.464 e. The molecule has 0 saturated heterocycles. The molecule has 9 rings (SSSR count). The first-order valence-corrected chi connectivity index (χ1v) is 21.9. The lowest BCUT2D eigenvalue weighted by atomic mass is 10.1. The van der Waals surface area contributed by atoms with E-state index in [9.17, 15) is 28.8 Å². The summed E-state index contributed by atoms with van der Waals surface area (Å²) in [6, 6.07) is 22.7. The fraction of sp³-hybridized carbons (Fsp3) is 0.0930. The van der Waals surface area contributed by atoms with Crippen LogP contribution in [0, 0.1) is 0 Å². The van der Waals surface area contributed by atoms with Crippen LogP contribution in [0.2, 0.25) is 0 Å². The number of aromatic nitrogens is 6. The lowest BCUT2D eigenvalue weighted by molar-refractivity contribution is 0.0594. The highest BCUT2D eigenvalue weighted by atomic mass is 32.2. The van der Waals surface area contributed by atoms with Crippen molar-refractivity contribution in [3.05, 3.63) is 156 Å². The molecule has 0 atom stereocenters. The molecule has 6 aromatic heterocycles. The second-order valence-electron chi connectivity index (χ2n) is 12.6. The number of methoxy groups -OCH3 is 1. The van der Waals surface area contributed by atoms with Crippen molar-refractivity contribution >= 4 is 113 Å². The molecule has 0 bridgehead atoms. The number of thiazole rings is 3. The van der Waals surface area contributed by atoms with Gasteiger partial charge in [0, 0.05) is 73.9 Å². The van der Waals surface area contributed by atoms with Gasteiger partial charge >= 0.3 is 5.97 Å². The number of ether oxygens (including phenoxy) is 1. The molecule has 300 valence electrons. The molecule has 0 spiro atoms. The fourth-order valence-corrected chi connectivity index (χ4v) is 8.62. The molecule has 6 heterocycles. The Hall–Kier alpha value is -6.66. The van der Waals surface area contributed by atoms with E-state index in [-0.39, 0.29) is 38.9 Å². The molecule has 0 fully saturated rings. The number of rotatable bonds is 10. The SMILES string of the molecule is CCC(=O)c1csc(C(=O)c2c[nH]c3ccccc23)n1.COC(=O)c1csc(C(=O)c2c[nH]c3ccccc23)n1.CSC(=O)c1csc(C(=O)c2c[nH]c3ccccc23)n1. The average molecular weight is 873 g/mol. The summed E-state index contributed by atoms with van der Waals surface area (Å²) < 4.78 is 4.58. The van der Waals surface area contributed by atoms with Gasteiger partial charge in [-0.25, -0.2) is 19.7 Å². The lowest BCUT2D eigenvalue weighted by Crippen LogP contribution is -2.04. The molecular formula is C43H32N6O7S4. The molecule has 3 aromatic carbocycles. The van der Waals surface area contributed by atoms with Crippen molar-refractivity contribution in [3.63, 3.8) is 0 Å². The number of H-pyrrole nitrogens is 3. The second kappa shape index (κ2) is 18.5. The summed E-state index contributed by atoms with van der Waals surface area (Å²) in [4.78, 5) is 93.3. The van der Waals surface area contributed by atoms with E-state index in [2.05, 4.69) is 34.6 Å². The number of nitrogens with zero attached hydrogens (tertiary/aromatic N) is 3. The van der Waals surface area contributed by atoms with Crippen LogP contribution in [0.1, 0.15) is 90.9 Å². The zero-order valence-corrected chi connectivity index (χ0v) is 35.2. The zero-order valence-electron chi connectivity index (χ0n) is 31.9. The number of nitrogens with one attached hydrogen (secondary N) is 3. The first-order chi connectivity index (χ1) is 29.1. The van der Waals surface area contributed by atoms with Gasteiger partial charge in [-0.3, -0.25) is 24.0 Å². The number of para-hydroxylation sites is 3. The van der Waals surface area contributed by atoms with Crippen LogP contribution in [0.5, 0.6) is 0 Å². The Balaban J connectivity index is 0.000000136. The minimum atomic E-state index is -0.542. The second-order valence-corrected chi connectivity index (χ2v) is 16.0. The third-order valence-electron chi connectivity index (χ3n) is 8.99. The number of carbonyl (C=O) groups excluding carboxylic acids is 6. The smallest absolute Gasteiger partial charge is 0.357 e. The molecule has 0 aliphatic carbocycles. The summed E-state index contributed by atoms with van der Waals surface area (Å²) in [5.41, 5.74) is 5.30. The van der Waals surface area contributed by atoms with Crippen molar-refractivity contribution in [2.24, 2.45) is 0 Å². The van der Waals surface area contributed by atoms with Gasteiger partial charge in [-0.1, -0.05) is 73.3 Å². The van der Waals surface area contributed by atoms with Crippen molar-refractivity contribution in [3.8, 4) is 0 Å². The van der Waals surface area contributed by atoms with E-state index in [0.29, 0.717) is 44.5 Å². The van der Waals surface area contributed by atoms with Gasteiger partial charge in [-0.15, -0.1) is 34.0 Å². The lowest BCUT2D eigenvalue weighted by Gasteiger charge is -1.95. The average Bonchev–Trinajstić information content (AvgIpc) is 4.16. The maximum atomic E-state index is 12.5. The monoisotopic (exact) mass is 872 g/mol. The van der Waals surface area contributed by atoms with Crippen LogP contribution in [-0.4, -0.2) is 77.5 Å². The molecule has 0 saturated carbocycles. The van der Waals surface area contributed by atoms with E-state index < -0.39 is 5.97 Å². The van der Waals surface area contributed by atoms with E-state index >= 15 is 0 Å². The highest BCUT2D eigenvalue weighted by Gasteiger charge is 2.22. The molecule has 13 nitrogen and oxygen atoms in total. The quantitative estimate of drug-likeness (QED) is 0.0874. The standard InChI is InChI=1S/C15H12N2O2S.C14H10N2O3S.C14H10N2O2S2/c1-2-13(18)12-8-20-15(17-12)14(19)10-7-16-11-6-4-3-5-9(10)11;2*1-19-14(18)11-7-20-13(16-11)12(17)9-6-15-10-5-3-2-4-8(9)10/h3-8,16H,2H2,1H3;2*2-7,15H,1H3. The molecule has 17 heteroatoms. The molecule has 0 unspecified atom stereocenters. The van der Waals surface area contributed by atoms with E-state index in [0.717, 1.165) is 55.8 Å². The van der Waals surface area contributed by atoms with Crippen molar-refractivity contribution in [2.45, 2.75) is 13.3 Å². The van der Waals surface area contributed by atoms with E-state index in [4.69, 9.17) is 0 Å². The number of hydrogen-bond acceptors (Lipinski definition) is 14. The summed E-state index contributed by atoms with van der Waals surface area (Å²) in [5.74, 6) is -1.10. The summed E-state index contributed by atoms with van der Waals surface area (Å²) in [6.45, 7) is 1.78. The molecule has 3 N–H and O–H groups in total. The van der Waals surface area contributed by atoms with Gasteiger partial charge in [-0.2, -0.15) is 0 Å². The van der Waals surface area contributed by atoms with Crippen LogP contribution in [0.4, 0.5) is 0 Å². The molecule has 0 aliphatic heterocycles. The third-order valence-corrected chi connectivity index (χ3v) is 12.1. The number of benzene rings is 3. The highest BCUT2D eigenvalue weighted by molar-refractivity contribution is 8.13. The molecule has 0 radical (unpaired) electrons. The van der Waals surface area contributed by atoms with Crippen molar-refractivity contribution in [2.75, 3.05) is 13.4 Å². The summed E-state index contributed by atoms with van der Waals surface area (Å²) in [5, 5.41) is 8.21. The van der Waals surface area contributed by atoms with Gasteiger partial charge in [0.05, 0.1) is 23.8 Å². The van der Waals surface area contributed by atoms with Crippen molar-refractivity contribution in [1.82, 2.24) is 29.9 Å². The number of carbonyl (C=O) groups is 6. The van der Waals surface area contributed by atoms with Crippen LogP contribution >= 0.6 is 45.8 Å². The van der Waals surface area contributed by atoms with Gasteiger partial charge in [-0.05, 0) is 24.5 Å². The third kappa shape index (κ3) is 8.69. The number of esters is 1. The Bertz CT molecular complexity index is 2730. The first kappa shape index (κ1) is 41.5. The summed E-state index contributed by atoms with van der Waals surface area (Å²) in [7, 11) is 1.28. The maximum absolute atomic E-state index is 12.5. The normalized spacial score (nSPS) is 10.8. The minimum absolute atomic E-state index is 0.0424. The Labute approximate surface area is 357 Å². The Morgan fingerprint density at radius 1 is 0.567 bits per heavy atom. The van der Waals surface area contributed by atoms with Crippen molar-refractivity contribution < 1.29 is 33.5 Å². The van der Waals surface area contributed by atoms with E-state index in [1.165, 1.54) is 35.2 Å². The number of thioether (sulfide) groups is 1. The Morgan fingerprint density at radius 3 is 1.33 bits per heavy atom. The number of Topliss-reactive ketones (excluding diaryl/α,β-unsaturated/α-hetero) is 1. The maximum Gasteiger partial charge on any atom is 0.357 e. The highest BCUT2D eigenvalue weighted by Crippen LogP contribution is 2.26. The minimum Gasteiger partial charge on any atom is -0.464 e. The van der Waals surface area contributed by atoms with E-state index in [1.807, 2.05) is 72.8 Å². The van der Waals surface area contributed by atoms with Crippen LogP contribution < -0.4 is 0 Å². The number of hydrogen-bond donors (Lipinski definition) is 3. The summed E-state index contributed by atoms with van der Waals surface area (Å²) >= 11 is 4.64. The number of fused-ring (bicyclic) bond motifs is 3. The van der Waals surface area contributed by atoms with Gasteiger partial charge in [0.15, 0.2) is 26.5 Å². The van der Waals surface area contributed by atoms with Crippen molar-refractivity contribution in [1.29, 1.82) is 0 Å². The van der Waals surface area contributed by atoms with Crippen LogP contribution in [0.3, 0.4) is 0 Å². The predicted octanol–water partition coefficient (Wildman–Crippen LogP) is 9.45. The van der Waals surface area contributed by atoms with Crippen LogP contribution in [0.25, 0.3) is 32.7 Å². The molecule has 0 aliphatic rings. The molecule has 9 aromatic rings. The summed E-state index contributed by atoms with van der Waals surface area (Å²) in [6.07, 6.45) is 7.12. The molecule has 60 heavy (non-hydrogen) atoms. The topological polar surface area (TPSA) is 198 Å². The van der Waals surface area contributed by atoms with Gasteiger partial charge in [0.2, 0.25) is 22.5 Å². The van der Waals surface area contributed by atoms with Crippen LogP contribution in [-0.2, 0) is 4.74 Å². The zero-order chi connectivity index (χ0) is 42.3. The van der Waals surface area contributed by atoms with Gasteiger partial charge < -0.3 is 19.7 Å². The Kier molecular flexibility index (Phi) is 12.8. The van der Waals surface area contributed by atoms with E-state index in [1.54, 1.807) is 42.5 Å². The molecule has 0 amide bonds. The van der Waals surface area contributed by atoms with Gasteiger partial charge in [0.25, 0.3) is 0 Å². The molecular weight excluding hydrogens is 841 g/mol. The first-order valence-electron chi connectivity index (χ1n) is 18.0. The fourth-order valence-electron chi connectivity index (χ4n) is 5.96. The van der Waals surface area contributed by atoms with Gasteiger partial charge in [0.1, 0.15) is 11.4 Å². The van der Waals surface area contributed by atoms with Crippen LogP contribution in [0.15, 0.2) is 108 Å². The Morgan fingerprint density at radius 2 is 0.933 bits per heavy atom. The predicted molar refractivity (Wildman–Crippen MR) is 235 cm³/mol. The number of ketones is 4. The number of aromatic amines is 3.